The highest BCUT2D eigenvalue weighted by Crippen LogP contribution is 2.18. The summed E-state index contributed by atoms with van der Waals surface area (Å²) in [7, 11) is 0. The van der Waals surface area contributed by atoms with Crippen LogP contribution in [-0.4, -0.2) is 30.3 Å². The Kier molecular flexibility index (Phi) is 10.7. The van der Waals surface area contributed by atoms with Crippen molar-refractivity contribution in [1.29, 1.82) is 0 Å². The predicted octanol–water partition coefficient (Wildman–Crippen LogP) is 5.29. The molecule has 1 heterocycles. The van der Waals surface area contributed by atoms with Gasteiger partial charge in [-0.2, -0.15) is 13.2 Å². The number of hydrogen-bond acceptors (Lipinski definition) is 4. The van der Waals surface area contributed by atoms with E-state index in [2.05, 4.69) is 25.3 Å². The van der Waals surface area contributed by atoms with Gasteiger partial charge in [0.2, 0.25) is 5.89 Å². The van der Waals surface area contributed by atoms with Crippen molar-refractivity contribution in [2.75, 3.05) is 13.2 Å². The van der Waals surface area contributed by atoms with E-state index in [-0.39, 0.29) is 30.6 Å². The Morgan fingerprint density at radius 1 is 1.03 bits per heavy atom. The molecule has 0 bridgehead atoms. The topological polar surface area (TPSA) is 71.7 Å². The molecule has 0 fully saturated rings. The summed E-state index contributed by atoms with van der Waals surface area (Å²) in [5, 5.41) is 6.38. The molecule has 3 aromatic rings. The van der Waals surface area contributed by atoms with Crippen LogP contribution in [0.15, 0.2) is 70.3 Å². The SMILES string of the molecule is CCNC(=NCc1ccc(COCC(F)(F)F)cc1)NCc1coc(-c2ccccc2)n1.I. The van der Waals surface area contributed by atoms with Crippen LogP contribution in [0, 0.1) is 0 Å². The first kappa shape index (κ1) is 26.7. The third-order valence-electron chi connectivity index (χ3n) is 4.33. The standard InChI is InChI=1S/C23H25F3N4O2.HI/c1-2-27-22(29-13-20-15-32-21(30-20)19-6-4-3-5-7-19)28-12-17-8-10-18(11-9-17)14-31-16-23(24,25)26;/h3-11,15H,2,12-14,16H2,1H3,(H2,27,28,29);1H. The summed E-state index contributed by atoms with van der Waals surface area (Å²) in [6.45, 7) is 2.17. The van der Waals surface area contributed by atoms with E-state index < -0.39 is 12.8 Å². The molecule has 0 aliphatic heterocycles. The molecule has 6 nitrogen and oxygen atoms in total. The molecule has 1 aromatic heterocycles. The number of guanidine groups is 1. The maximum atomic E-state index is 12.2. The fraction of sp³-hybridized carbons (Fsp3) is 0.304. The molecular formula is C23H26F3IN4O2. The molecule has 33 heavy (non-hydrogen) atoms. The highest BCUT2D eigenvalue weighted by Gasteiger charge is 2.27. The smallest absolute Gasteiger partial charge is 0.411 e. The van der Waals surface area contributed by atoms with Crippen LogP contribution in [0.1, 0.15) is 23.7 Å². The van der Waals surface area contributed by atoms with Gasteiger partial charge in [-0.1, -0.05) is 42.5 Å². The van der Waals surface area contributed by atoms with E-state index in [9.17, 15) is 13.2 Å². The van der Waals surface area contributed by atoms with Gasteiger partial charge in [-0.05, 0) is 30.2 Å². The summed E-state index contributed by atoms with van der Waals surface area (Å²) < 4.78 is 46.7. The van der Waals surface area contributed by atoms with Crippen molar-refractivity contribution in [3.63, 3.8) is 0 Å². The number of aliphatic imine (C=N–C) groups is 1. The first-order valence-electron chi connectivity index (χ1n) is 10.2. The lowest BCUT2D eigenvalue weighted by Gasteiger charge is -2.10. The first-order chi connectivity index (χ1) is 15.4. The van der Waals surface area contributed by atoms with Crippen LogP contribution in [0.4, 0.5) is 13.2 Å². The van der Waals surface area contributed by atoms with Gasteiger partial charge < -0.3 is 19.8 Å². The second kappa shape index (κ2) is 13.2. The number of alkyl halides is 3. The second-order valence-electron chi connectivity index (χ2n) is 6.98. The minimum absolute atomic E-state index is 0. The summed E-state index contributed by atoms with van der Waals surface area (Å²) in [5.74, 6) is 1.18. The van der Waals surface area contributed by atoms with Crippen LogP contribution in [0.3, 0.4) is 0 Å². The van der Waals surface area contributed by atoms with Crippen LogP contribution in [0.2, 0.25) is 0 Å². The van der Waals surface area contributed by atoms with Crippen LogP contribution in [0.5, 0.6) is 0 Å². The average Bonchev–Trinajstić information content (AvgIpc) is 3.25. The van der Waals surface area contributed by atoms with Crippen LogP contribution >= 0.6 is 24.0 Å². The number of halogens is 4. The lowest BCUT2D eigenvalue weighted by Crippen LogP contribution is -2.36. The van der Waals surface area contributed by atoms with Gasteiger partial charge in [0.15, 0.2) is 5.96 Å². The highest BCUT2D eigenvalue weighted by molar-refractivity contribution is 14.0. The number of nitrogens with one attached hydrogen (secondary N) is 2. The van der Waals surface area contributed by atoms with Crippen molar-refractivity contribution in [2.45, 2.75) is 32.8 Å². The maximum absolute atomic E-state index is 12.2. The monoisotopic (exact) mass is 574 g/mol. The molecule has 0 saturated heterocycles. The van der Waals surface area contributed by atoms with Gasteiger partial charge in [0.25, 0.3) is 0 Å². The number of nitrogens with zero attached hydrogens (tertiary/aromatic N) is 2. The van der Waals surface area contributed by atoms with Crippen molar-refractivity contribution >= 4 is 29.9 Å². The summed E-state index contributed by atoms with van der Waals surface area (Å²) in [4.78, 5) is 9.03. The zero-order chi connectivity index (χ0) is 22.8. The molecule has 0 unspecified atom stereocenters. The van der Waals surface area contributed by atoms with Crippen LogP contribution in [0.25, 0.3) is 11.5 Å². The van der Waals surface area contributed by atoms with Gasteiger partial charge in [-0.25, -0.2) is 9.98 Å². The molecule has 0 spiro atoms. The quantitative estimate of drug-likeness (QED) is 0.207. The summed E-state index contributed by atoms with van der Waals surface area (Å²) in [6.07, 6.45) is -2.71. The summed E-state index contributed by atoms with van der Waals surface area (Å²) in [6, 6.07) is 16.8. The summed E-state index contributed by atoms with van der Waals surface area (Å²) in [5.41, 5.74) is 3.26. The molecule has 3 rings (SSSR count). The molecule has 2 N–H and O–H groups in total. The normalized spacial score (nSPS) is 11.7. The van der Waals surface area contributed by atoms with Crippen LogP contribution in [-0.2, 0) is 24.4 Å². The Balaban J connectivity index is 0.00000385. The van der Waals surface area contributed by atoms with Crippen molar-refractivity contribution in [3.05, 3.63) is 77.7 Å². The molecule has 0 aliphatic carbocycles. The van der Waals surface area contributed by atoms with Gasteiger partial charge in [-0.3, -0.25) is 0 Å². The largest absolute Gasteiger partial charge is 0.444 e. The molecule has 0 saturated carbocycles. The third-order valence-corrected chi connectivity index (χ3v) is 4.33. The number of aromatic nitrogens is 1. The molecular weight excluding hydrogens is 548 g/mol. The lowest BCUT2D eigenvalue weighted by atomic mass is 10.1. The number of oxazole rings is 1. The summed E-state index contributed by atoms with van der Waals surface area (Å²) >= 11 is 0. The Morgan fingerprint density at radius 3 is 2.39 bits per heavy atom. The minimum atomic E-state index is -4.32. The van der Waals surface area contributed by atoms with E-state index in [1.165, 1.54) is 0 Å². The number of benzene rings is 2. The average molecular weight is 574 g/mol. The van der Waals surface area contributed by atoms with E-state index in [1.807, 2.05) is 49.4 Å². The highest BCUT2D eigenvalue weighted by atomic mass is 127. The van der Waals surface area contributed by atoms with E-state index >= 15 is 0 Å². The fourth-order valence-electron chi connectivity index (χ4n) is 2.81. The molecule has 178 valence electrons. The molecule has 2 aromatic carbocycles. The Hall–Kier alpha value is -2.60. The lowest BCUT2D eigenvalue weighted by molar-refractivity contribution is -0.176. The van der Waals surface area contributed by atoms with E-state index in [0.29, 0.717) is 37.0 Å². The van der Waals surface area contributed by atoms with Crippen molar-refractivity contribution in [1.82, 2.24) is 15.6 Å². The molecule has 0 amide bonds. The number of rotatable bonds is 9. The van der Waals surface area contributed by atoms with Gasteiger partial charge in [-0.15, -0.1) is 24.0 Å². The fourth-order valence-corrected chi connectivity index (χ4v) is 2.81. The van der Waals surface area contributed by atoms with Crippen LogP contribution < -0.4 is 10.6 Å². The third kappa shape index (κ3) is 9.42. The van der Waals surface area contributed by atoms with E-state index in [0.717, 1.165) is 16.8 Å². The first-order valence-corrected chi connectivity index (χ1v) is 10.2. The van der Waals surface area contributed by atoms with E-state index in [1.54, 1.807) is 18.4 Å². The Labute approximate surface area is 207 Å². The van der Waals surface area contributed by atoms with E-state index in [4.69, 9.17) is 4.42 Å². The molecule has 10 heteroatoms. The van der Waals surface area contributed by atoms with Gasteiger partial charge >= 0.3 is 6.18 Å². The zero-order valence-corrected chi connectivity index (χ0v) is 20.4. The zero-order valence-electron chi connectivity index (χ0n) is 18.1. The number of ether oxygens (including phenoxy) is 1. The van der Waals surface area contributed by atoms with Gasteiger partial charge in [0, 0.05) is 12.1 Å². The molecule has 0 aliphatic rings. The Bertz CT molecular complexity index is 993. The second-order valence-corrected chi connectivity index (χ2v) is 6.98. The minimum Gasteiger partial charge on any atom is -0.444 e. The maximum Gasteiger partial charge on any atom is 0.411 e. The van der Waals surface area contributed by atoms with Crippen molar-refractivity contribution in [2.24, 2.45) is 4.99 Å². The molecule has 0 radical (unpaired) electrons. The van der Waals surface area contributed by atoms with Crippen molar-refractivity contribution < 1.29 is 22.3 Å². The van der Waals surface area contributed by atoms with Gasteiger partial charge in [0.1, 0.15) is 12.9 Å². The van der Waals surface area contributed by atoms with Gasteiger partial charge in [0.05, 0.1) is 25.4 Å². The Morgan fingerprint density at radius 2 is 1.73 bits per heavy atom. The molecule has 0 atom stereocenters. The number of hydrogen-bond donors (Lipinski definition) is 2. The predicted molar refractivity (Wildman–Crippen MR) is 131 cm³/mol. The van der Waals surface area contributed by atoms with Crippen molar-refractivity contribution in [3.8, 4) is 11.5 Å².